The second-order valence-electron chi connectivity index (χ2n) is 7.70. The monoisotopic (exact) mass is 487 g/mol. The van der Waals surface area contributed by atoms with Crippen LogP contribution in [0.25, 0.3) is 0 Å². The molecule has 0 spiro atoms. The molecule has 4 atom stereocenters. The number of primary amides is 1. The van der Waals surface area contributed by atoms with E-state index in [0.29, 0.717) is 25.8 Å². The fraction of sp³-hybridized carbons (Fsp3) is 0.684. The first-order valence-electron chi connectivity index (χ1n) is 10.8. The third-order valence-electron chi connectivity index (χ3n) is 4.65. The minimum Gasteiger partial charge on any atom is -0.480 e. The van der Waals surface area contributed by atoms with Crippen molar-refractivity contribution < 1.29 is 29.1 Å². The Labute approximate surface area is 197 Å². The molecule has 15 nitrogen and oxygen atoms in total. The summed E-state index contributed by atoms with van der Waals surface area (Å²) in [6.45, 7) is 1.93. The average Bonchev–Trinajstić information content (AvgIpc) is 2.73. The van der Waals surface area contributed by atoms with Crippen molar-refractivity contribution >= 4 is 35.6 Å². The minimum absolute atomic E-state index is 0.0861. The van der Waals surface area contributed by atoms with E-state index in [-0.39, 0.29) is 25.3 Å². The highest BCUT2D eigenvalue weighted by Gasteiger charge is 2.28. The summed E-state index contributed by atoms with van der Waals surface area (Å²) in [4.78, 5) is 63.6. The first-order valence-corrected chi connectivity index (χ1v) is 10.8. The van der Waals surface area contributed by atoms with E-state index in [1.165, 1.54) is 6.92 Å². The van der Waals surface area contributed by atoms with Crippen molar-refractivity contribution in [1.29, 1.82) is 0 Å². The second-order valence-corrected chi connectivity index (χ2v) is 7.70. The molecule has 4 amide bonds. The van der Waals surface area contributed by atoms with Gasteiger partial charge in [-0.15, -0.1) is 0 Å². The molecular weight excluding hydrogens is 450 g/mol. The van der Waals surface area contributed by atoms with Crippen molar-refractivity contribution in [2.45, 2.75) is 69.6 Å². The molecule has 14 N–H and O–H groups in total. The Bertz CT molecular complexity index is 742. The summed E-state index contributed by atoms with van der Waals surface area (Å²) in [5.74, 6) is -4.37. The van der Waals surface area contributed by atoms with E-state index in [0.717, 1.165) is 0 Å². The number of aliphatic imine (C=N–C) groups is 1. The van der Waals surface area contributed by atoms with Crippen molar-refractivity contribution in [3.8, 4) is 0 Å². The van der Waals surface area contributed by atoms with Gasteiger partial charge >= 0.3 is 5.97 Å². The van der Waals surface area contributed by atoms with Crippen LogP contribution in [0.2, 0.25) is 0 Å². The fourth-order valence-electron chi connectivity index (χ4n) is 2.79. The molecule has 0 aliphatic heterocycles. The highest BCUT2D eigenvalue weighted by molar-refractivity contribution is 5.94. The Morgan fingerprint density at radius 3 is 1.97 bits per heavy atom. The number of rotatable bonds is 17. The number of hydrogen-bond donors (Lipinski definition) is 9. The van der Waals surface area contributed by atoms with Crippen LogP contribution in [0.1, 0.15) is 45.4 Å². The Balaban J connectivity index is 5.16. The number of carboxylic acid groups (broad SMARTS) is 1. The normalized spacial score (nSPS) is 14.1. The Morgan fingerprint density at radius 1 is 0.853 bits per heavy atom. The van der Waals surface area contributed by atoms with Crippen LogP contribution in [0.4, 0.5) is 0 Å². The number of carbonyl (C=O) groups is 5. The van der Waals surface area contributed by atoms with E-state index in [4.69, 9.17) is 28.7 Å². The molecule has 0 aromatic rings. The third-order valence-corrected chi connectivity index (χ3v) is 4.65. The van der Waals surface area contributed by atoms with Crippen LogP contribution in [-0.4, -0.2) is 77.9 Å². The van der Waals surface area contributed by atoms with Gasteiger partial charge in [-0.3, -0.25) is 24.2 Å². The lowest BCUT2D eigenvalue weighted by molar-refractivity contribution is -0.142. The molecular formula is C19H37N9O6. The quantitative estimate of drug-likeness (QED) is 0.0543. The van der Waals surface area contributed by atoms with Gasteiger partial charge in [-0.1, -0.05) is 0 Å². The highest BCUT2D eigenvalue weighted by Crippen LogP contribution is 2.04. The number of carboxylic acids is 1. The van der Waals surface area contributed by atoms with Crippen molar-refractivity contribution in [1.82, 2.24) is 16.0 Å². The lowest BCUT2D eigenvalue weighted by Gasteiger charge is -2.23. The number of guanidine groups is 1. The molecule has 4 unspecified atom stereocenters. The van der Waals surface area contributed by atoms with E-state index in [1.807, 2.05) is 0 Å². The van der Waals surface area contributed by atoms with Gasteiger partial charge in [0.25, 0.3) is 0 Å². The molecule has 0 saturated carbocycles. The smallest absolute Gasteiger partial charge is 0.326 e. The van der Waals surface area contributed by atoms with Crippen LogP contribution >= 0.6 is 0 Å². The van der Waals surface area contributed by atoms with Gasteiger partial charge in [-0.2, -0.15) is 0 Å². The molecule has 0 rings (SSSR count). The molecule has 0 aromatic carbocycles. The van der Waals surface area contributed by atoms with Crippen LogP contribution in [0, 0.1) is 0 Å². The van der Waals surface area contributed by atoms with Crippen LogP contribution in [-0.2, 0) is 24.0 Å². The Morgan fingerprint density at radius 2 is 1.44 bits per heavy atom. The molecule has 0 saturated heterocycles. The highest BCUT2D eigenvalue weighted by atomic mass is 16.4. The topological polar surface area (TPSA) is 284 Å². The van der Waals surface area contributed by atoms with Gasteiger partial charge in [0.1, 0.15) is 18.1 Å². The molecule has 0 fully saturated rings. The van der Waals surface area contributed by atoms with Gasteiger partial charge in [-0.05, 0) is 45.6 Å². The zero-order valence-corrected chi connectivity index (χ0v) is 19.3. The molecule has 0 aliphatic carbocycles. The van der Waals surface area contributed by atoms with E-state index in [9.17, 15) is 29.1 Å². The van der Waals surface area contributed by atoms with E-state index < -0.39 is 60.2 Å². The fourth-order valence-corrected chi connectivity index (χ4v) is 2.79. The molecule has 0 aromatic heterocycles. The molecule has 34 heavy (non-hydrogen) atoms. The number of hydrogen-bond acceptors (Lipinski definition) is 8. The van der Waals surface area contributed by atoms with E-state index in [1.54, 1.807) is 0 Å². The summed E-state index contributed by atoms with van der Waals surface area (Å²) in [6.07, 6.45) is 1.25. The number of nitrogens with zero attached hydrogens (tertiary/aromatic N) is 1. The zero-order chi connectivity index (χ0) is 26.3. The Hall–Kier alpha value is -3.46. The largest absolute Gasteiger partial charge is 0.480 e. The first kappa shape index (κ1) is 30.5. The van der Waals surface area contributed by atoms with Crippen LogP contribution in [0.3, 0.4) is 0 Å². The van der Waals surface area contributed by atoms with Crippen molar-refractivity contribution in [2.75, 3.05) is 13.1 Å². The first-order chi connectivity index (χ1) is 15.9. The zero-order valence-electron chi connectivity index (χ0n) is 19.3. The molecule has 0 aliphatic rings. The number of amides is 4. The summed E-state index contributed by atoms with van der Waals surface area (Å²) in [6, 6.07) is -4.65. The minimum atomic E-state index is -1.27. The molecule has 194 valence electrons. The van der Waals surface area contributed by atoms with Gasteiger partial charge in [-0.25, -0.2) is 4.79 Å². The van der Waals surface area contributed by atoms with Crippen LogP contribution < -0.4 is 44.6 Å². The third kappa shape index (κ3) is 13.2. The molecule has 0 radical (unpaired) electrons. The standard InChI is InChI=1S/C19H37N9O6/c1-10(15(30)28-13(18(33)34)5-2-3-7-20)26-17(32)12(6-4-8-25-19(23)24)27-16(31)11(21)9-14(22)29/h10-13H,2-9,20-21H2,1H3,(H2,22,29)(H,26,32)(H,27,31)(H,28,30)(H,33,34)(H4,23,24,25). The molecule has 0 bridgehead atoms. The van der Waals surface area contributed by atoms with Crippen molar-refractivity contribution in [3.05, 3.63) is 0 Å². The maximum absolute atomic E-state index is 12.7. The predicted octanol–water partition coefficient (Wildman–Crippen LogP) is -4.07. The van der Waals surface area contributed by atoms with Gasteiger partial charge in [0.15, 0.2) is 5.96 Å². The summed E-state index contributed by atoms with van der Waals surface area (Å²) in [7, 11) is 0. The van der Waals surface area contributed by atoms with Crippen molar-refractivity contribution in [2.24, 2.45) is 33.7 Å². The van der Waals surface area contributed by atoms with Gasteiger partial charge in [0.05, 0.1) is 12.5 Å². The summed E-state index contributed by atoms with van der Waals surface area (Å²) < 4.78 is 0. The van der Waals surface area contributed by atoms with E-state index in [2.05, 4.69) is 20.9 Å². The summed E-state index contributed by atoms with van der Waals surface area (Å²) in [5, 5.41) is 16.5. The number of carbonyl (C=O) groups excluding carboxylic acids is 4. The average molecular weight is 488 g/mol. The predicted molar refractivity (Wildman–Crippen MR) is 124 cm³/mol. The summed E-state index contributed by atoms with van der Waals surface area (Å²) >= 11 is 0. The number of aliphatic carboxylic acids is 1. The SMILES string of the molecule is CC(NC(=O)C(CCCN=C(N)N)NC(=O)C(N)CC(N)=O)C(=O)NC(CCCCN)C(=O)O. The number of unbranched alkanes of at least 4 members (excludes halogenated alkanes) is 1. The van der Waals surface area contributed by atoms with Gasteiger partial charge < -0.3 is 49.7 Å². The second kappa shape index (κ2) is 16.2. The lowest BCUT2D eigenvalue weighted by atomic mass is 10.1. The lowest BCUT2D eigenvalue weighted by Crippen LogP contribution is -2.56. The van der Waals surface area contributed by atoms with E-state index >= 15 is 0 Å². The number of nitrogens with two attached hydrogens (primary N) is 5. The maximum atomic E-state index is 12.7. The van der Waals surface area contributed by atoms with Crippen molar-refractivity contribution in [3.63, 3.8) is 0 Å². The van der Waals surface area contributed by atoms with Gasteiger partial charge in [0, 0.05) is 6.54 Å². The summed E-state index contributed by atoms with van der Waals surface area (Å²) in [5.41, 5.74) is 26.6. The van der Waals surface area contributed by atoms with Gasteiger partial charge in [0.2, 0.25) is 23.6 Å². The maximum Gasteiger partial charge on any atom is 0.326 e. The van der Waals surface area contributed by atoms with Crippen LogP contribution in [0.5, 0.6) is 0 Å². The molecule has 15 heteroatoms. The number of nitrogens with one attached hydrogen (secondary N) is 3. The van der Waals surface area contributed by atoms with Crippen LogP contribution in [0.15, 0.2) is 4.99 Å². The molecule has 0 heterocycles. The Kier molecular flexibility index (Phi) is 14.6.